The van der Waals surface area contributed by atoms with Gasteiger partial charge in [0, 0.05) is 6.20 Å². The monoisotopic (exact) mass is 261 g/mol. The highest BCUT2D eigenvalue weighted by atomic mass is 19.1. The van der Waals surface area contributed by atoms with Crippen LogP contribution in [0.25, 0.3) is 0 Å². The van der Waals surface area contributed by atoms with Crippen LogP contribution in [-0.2, 0) is 0 Å². The molecule has 0 fully saturated rings. The van der Waals surface area contributed by atoms with Gasteiger partial charge in [-0.15, -0.1) is 0 Å². The van der Waals surface area contributed by atoms with Crippen molar-refractivity contribution in [3.63, 3.8) is 0 Å². The van der Waals surface area contributed by atoms with E-state index in [0.29, 0.717) is 11.5 Å². The zero-order valence-electron chi connectivity index (χ0n) is 11.0. The number of hydrogen-bond acceptors (Lipinski definition) is 4. The molecule has 0 spiro atoms. The number of nitrogens with zero attached hydrogens (tertiary/aromatic N) is 4. The normalized spacial score (nSPS) is 21.0. The summed E-state index contributed by atoms with van der Waals surface area (Å²) in [7, 11) is 0. The van der Waals surface area contributed by atoms with Crippen molar-refractivity contribution in [3.05, 3.63) is 48.9 Å². The van der Waals surface area contributed by atoms with Crippen molar-refractivity contribution in [1.29, 1.82) is 0 Å². The molecule has 0 aromatic heterocycles. The Bertz CT molecular complexity index is 537. The summed E-state index contributed by atoms with van der Waals surface area (Å²) in [6.45, 7) is 10.3. The highest BCUT2D eigenvalue weighted by molar-refractivity contribution is 6.40. The van der Waals surface area contributed by atoms with Crippen LogP contribution in [0.4, 0.5) is 4.39 Å². The summed E-state index contributed by atoms with van der Waals surface area (Å²) >= 11 is 0. The van der Waals surface area contributed by atoms with Gasteiger partial charge in [-0.05, 0) is 19.9 Å². The van der Waals surface area contributed by atoms with Crippen LogP contribution in [0.2, 0.25) is 0 Å². The molecular weight excluding hydrogens is 245 g/mol. The van der Waals surface area contributed by atoms with Gasteiger partial charge in [0.05, 0.1) is 11.9 Å². The number of hydrazone groups is 1. The summed E-state index contributed by atoms with van der Waals surface area (Å²) in [4.78, 5) is 8.01. The maximum absolute atomic E-state index is 13.2. The van der Waals surface area contributed by atoms with Crippen molar-refractivity contribution < 1.29 is 4.39 Å². The molecule has 0 saturated heterocycles. The third kappa shape index (κ3) is 3.25. The second-order valence-electron chi connectivity index (χ2n) is 3.52. The molecule has 2 N–H and O–H groups in total. The fraction of sp³-hybridized carbons (Fsp3) is 0.154. The van der Waals surface area contributed by atoms with Crippen LogP contribution in [0.3, 0.4) is 0 Å². The topological polar surface area (TPSA) is 66.3 Å². The molecule has 0 bridgehead atoms. The number of hydrogen-bond donors (Lipinski definition) is 1. The largest absolute Gasteiger partial charge is 0.381 e. The Morgan fingerprint density at radius 3 is 2.74 bits per heavy atom. The Labute approximate surface area is 111 Å². The average Bonchev–Trinajstić information content (AvgIpc) is 2.80. The molecule has 0 aliphatic carbocycles. The first-order chi connectivity index (χ1) is 9.04. The van der Waals surface area contributed by atoms with Gasteiger partial charge in [0.2, 0.25) is 0 Å². The zero-order chi connectivity index (χ0) is 14.4. The Kier molecular flexibility index (Phi) is 4.93. The third-order valence-electron chi connectivity index (χ3n) is 2.30. The Balaban J connectivity index is 3.09. The molecule has 0 radical (unpaired) electrons. The zero-order valence-corrected chi connectivity index (χ0v) is 11.0. The van der Waals surface area contributed by atoms with Crippen LogP contribution in [0, 0.1) is 0 Å². The molecule has 1 aliphatic rings. The number of amidine groups is 1. The predicted octanol–water partition coefficient (Wildman–Crippen LogP) is 2.48. The molecule has 1 heterocycles. The molecule has 0 saturated carbocycles. The third-order valence-corrected chi connectivity index (χ3v) is 2.30. The number of allylic oxidation sites excluding steroid dienone is 4. The van der Waals surface area contributed by atoms with Crippen LogP contribution in [0.5, 0.6) is 0 Å². The van der Waals surface area contributed by atoms with Crippen LogP contribution >= 0.6 is 0 Å². The van der Waals surface area contributed by atoms with Crippen molar-refractivity contribution in [3.8, 4) is 0 Å². The maximum Gasteiger partial charge on any atom is 0.164 e. The summed E-state index contributed by atoms with van der Waals surface area (Å²) < 4.78 is 13.2. The lowest BCUT2D eigenvalue weighted by atomic mass is 10.3. The Morgan fingerprint density at radius 2 is 2.21 bits per heavy atom. The first-order valence-corrected chi connectivity index (χ1v) is 5.57. The lowest BCUT2D eigenvalue weighted by Gasteiger charge is -2.15. The van der Waals surface area contributed by atoms with Gasteiger partial charge < -0.3 is 5.73 Å². The van der Waals surface area contributed by atoms with Crippen LogP contribution in [0.1, 0.15) is 13.8 Å². The summed E-state index contributed by atoms with van der Waals surface area (Å²) in [5.41, 5.74) is 6.86. The van der Waals surface area contributed by atoms with Gasteiger partial charge in [0.15, 0.2) is 11.6 Å². The first kappa shape index (κ1) is 14.6. The van der Waals surface area contributed by atoms with Crippen LogP contribution in [0.15, 0.2) is 63.9 Å². The van der Waals surface area contributed by atoms with E-state index >= 15 is 0 Å². The first-order valence-electron chi connectivity index (χ1n) is 5.57. The number of halogens is 1. The van der Waals surface area contributed by atoms with E-state index in [4.69, 9.17) is 5.73 Å². The summed E-state index contributed by atoms with van der Waals surface area (Å²) in [6.07, 6.45) is 5.81. The van der Waals surface area contributed by atoms with Crippen molar-refractivity contribution in [1.82, 2.24) is 5.01 Å². The van der Waals surface area contributed by atoms with Gasteiger partial charge >= 0.3 is 0 Å². The van der Waals surface area contributed by atoms with E-state index in [9.17, 15) is 4.39 Å². The molecule has 0 atom stereocenters. The molecule has 0 unspecified atom stereocenters. The minimum absolute atomic E-state index is 0.243. The molecule has 19 heavy (non-hydrogen) atoms. The van der Waals surface area contributed by atoms with Gasteiger partial charge in [-0.3, -0.25) is 4.99 Å². The van der Waals surface area contributed by atoms with Crippen LogP contribution < -0.4 is 5.73 Å². The van der Waals surface area contributed by atoms with Crippen molar-refractivity contribution in [2.24, 2.45) is 20.8 Å². The van der Waals surface area contributed by atoms with Gasteiger partial charge in [-0.2, -0.15) is 5.10 Å². The van der Waals surface area contributed by atoms with E-state index in [2.05, 4.69) is 28.2 Å². The molecule has 100 valence electrons. The van der Waals surface area contributed by atoms with E-state index in [-0.39, 0.29) is 5.82 Å². The smallest absolute Gasteiger partial charge is 0.164 e. The average molecular weight is 261 g/mol. The standard InChI is InChI=1S/C13H16FN5/c1-5-10(14)13(15)18-9(4)19-12(6-2)11(8-17-19)16-7-3/h5-8H,1,3,15H2,2,4H3/b12-6+,13-10+,16-11-,18-9+. The van der Waals surface area contributed by atoms with E-state index in [1.54, 1.807) is 13.1 Å². The fourth-order valence-electron chi connectivity index (χ4n) is 1.45. The van der Waals surface area contributed by atoms with Gasteiger partial charge in [-0.25, -0.2) is 14.4 Å². The minimum atomic E-state index is -0.676. The predicted molar refractivity (Wildman–Crippen MR) is 77.3 cm³/mol. The second-order valence-corrected chi connectivity index (χ2v) is 3.52. The number of nitrogens with two attached hydrogens (primary N) is 1. The summed E-state index contributed by atoms with van der Waals surface area (Å²) in [5.74, 6) is -0.495. The van der Waals surface area contributed by atoms with Crippen molar-refractivity contribution in [2.75, 3.05) is 0 Å². The van der Waals surface area contributed by atoms with Crippen molar-refractivity contribution in [2.45, 2.75) is 13.8 Å². The lowest BCUT2D eigenvalue weighted by Crippen LogP contribution is -2.22. The molecule has 0 aromatic rings. The van der Waals surface area contributed by atoms with E-state index in [0.717, 1.165) is 11.8 Å². The highest BCUT2D eigenvalue weighted by Gasteiger charge is 2.21. The van der Waals surface area contributed by atoms with Gasteiger partial charge in [-0.1, -0.05) is 19.2 Å². The van der Waals surface area contributed by atoms with E-state index in [1.807, 2.05) is 13.0 Å². The second kappa shape index (κ2) is 6.44. The van der Waals surface area contributed by atoms with Crippen LogP contribution in [-0.4, -0.2) is 22.8 Å². The molecule has 1 aliphatic heterocycles. The molecule has 1 rings (SSSR count). The Morgan fingerprint density at radius 1 is 1.53 bits per heavy atom. The van der Waals surface area contributed by atoms with E-state index in [1.165, 1.54) is 11.2 Å². The Hall–Kier alpha value is -2.50. The highest BCUT2D eigenvalue weighted by Crippen LogP contribution is 2.16. The van der Waals surface area contributed by atoms with Gasteiger partial charge in [0.25, 0.3) is 0 Å². The quantitative estimate of drug-likeness (QED) is 0.482. The molecular formula is C13H16FN5. The number of aliphatic imine (C=N–C) groups is 2. The SMILES string of the molecule is C=C/N=C1/C=NN(/C(C)=N/C(N)=C(/F)C=C)/C1=C/C. The molecule has 0 amide bonds. The maximum atomic E-state index is 13.2. The molecule has 6 heteroatoms. The number of rotatable bonds is 3. The summed E-state index contributed by atoms with van der Waals surface area (Å²) in [6, 6.07) is 0. The lowest BCUT2D eigenvalue weighted by molar-refractivity contribution is 0.586. The fourth-order valence-corrected chi connectivity index (χ4v) is 1.45. The van der Waals surface area contributed by atoms with E-state index < -0.39 is 5.83 Å². The molecule has 5 nitrogen and oxygen atoms in total. The summed E-state index contributed by atoms with van der Waals surface area (Å²) in [5, 5.41) is 5.65. The van der Waals surface area contributed by atoms with Gasteiger partial charge in [0.1, 0.15) is 11.5 Å². The van der Waals surface area contributed by atoms with Crippen molar-refractivity contribution >= 4 is 17.8 Å². The molecule has 0 aromatic carbocycles. The minimum Gasteiger partial charge on any atom is -0.381 e.